The van der Waals surface area contributed by atoms with E-state index in [2.05, 4.69) is 35.4 Å². The van der Waals surface area contributed by atoms with Gasteiger partial charge in [0.1, 0.15) is 0 Å². The van der Waals surface area contributed by atoms with E-state index in [0.717, 1.165) is 26.1 Å². The third-order valence-corrected chi connectivity index (χ3v) is 3.56. The molecule has 1 N–H and O–H groups in total. The molecule has 18 heavy (non-hydrogen) atoms. The lowest BCUT2D eigenvalue weighted by Gasteiger charge is -2.39. The molecule has 2 rings (SSSR count). The first-order valence-electron chi connectivity index (χ1n) is 6.76. The SMILES string of the molecule is CCC1CNC(C)CN1c1cnn(CCOC)c1. The van der Waals surface area contributed by atoms with Crippen molar-refractivity contribution in [1.82, 2.24) is 15.1 Å². The van der Waals surface area contributed by atoms with Crippen molar-refractivity contribution >= 4 is 5.69 Å². The first kappa shape index (κ1) is 13.4. The van der Waals surface area contributed by atoms with E-state index < -0.39 is 0 Å². The van der Waals surface area contributed by atoms with Gasteiger partial charge in [-0.1, -0.05) is 6.92 Å². The molecule has 0 bridgehead atoms. The van der Waals surface area contributed by atoms with E-state index in [1.165, 1.54) is 5.69 Å². The molecule has 1 aromatic rings. The van der Waals surface area contributed by atoms with Crippen LogP contribution in [0.1, 0.15) is 20.3 Å². The number of ether oxygens (including phenoxy) is 1. The zero-order chi connectivity index (χ0) is 13.0. The molecule has 1 aromatic heterocycles. The minimum Gasteiger partial charge on any atom is -0.383 e. The van der Waals surface area contributed by atoms with Crippen LogP contribution in [-0.2, 0) is 11.3 Å². The molecule has 0 spiro atoms. The number of rotatable bonds is 5. The van der Waals surface area contributed by atoms with Crippen molar-refractivity contribution in [3.63, 3.8) is 0 Å². The summed E-state index contributed by atoms with van der Waals surface area (Å²) in [6.07, 6.45) is 5.25. The fourth-order valence-electron chi connectivity index (χ4n) is 2.45. The number of nitrogens with one attached hydrogen (secondary N) is 1. The van der Waals surface area contributed by atoms with Gasteiger partial charge < -0.3 is 15.0 Å². The van der Waals surface area contributed by atoms with E-state index in [-0.39, 0.29) is 0 Å². The summed E-state index contributed by atoms with van der Waals surface area (Å²) in [4.78, 5) is 2.47. The number of aromatic nitrogens is 2. The fourth-order valence-corrected chi connectivity index (χ4v) is 2.45. The molecular weight excluding hydrogens is 228 g/mol. The van der Waals surface area contributed by atoms with Crippen LogP contribution in [0.3, 0.4) is 0 Å². The highest BCUT2D eigenvalue weighted by atomic mass is 16.5. The minimum absolute atomic E-state index is 0.537. The van der Waals surface area contributed by atoms with E-state index in [0.29, 0.717) is 18.7 Å². The van der Waals surface area contributed by atoms with Gasteiger partial charge in [-0.3, -0.25) is 4.68 Å². The molecule has 1 aliphatic rings. The highest BCUT2D eigenvalue weighted by molar-refractivity contribution is 5.44. The third kappa shape index (κ3) is 3.03. The van der Waals surface area contributed by atoms with Gasteiger partial charge in [0, 0.05) is 38.5 Å². The average Bonchev–Trinajstić information content (AvgIpc) is 2.85. The number of nitrogens with zero attached hydrogens (tertiary/aromatic N) is 3. The van der Waals surface area contributed by atoms with Crippen molar-refractivity contribution in [2.75, 3.05) is 31.7 Å². The molecule has 1 fully saturated rings. The Labute approximate surface area is 109 Å². The van der Waals surface area contributed by atoms with Crippen LogP contribution in [0.5, 0.6) is 0 Å². The summed E-state index contributed by atoms with van der Waals surface area (Å²) >= 11 is 0. The Bertz CT molecular complexity index is 366. The van der Waals surface area contributed by atoms with Crippen LogP contribution in [-0.4, -0.2) is 48.7 Å². The Morgan fingerprint density at radius 2 is 2.39 bits per heavy atom. The molecular formula is C13H24N4O. The van der Waals surface area contributed by atoms with Crippen LogP contribution >= 0.6 is 0 Å². The lowest BCUT2D eigenvalue weighted by atomic mass is 10.1. The summed E-state index contributed by atoms with van der Waals surface area (Å²) in [5.74, 6) is 0. The van der Waals surface area contributed by atoms with Crippen LogP contribution in [0.25, 0.3) is 0 Å². The Kier molecular flexibility index (Phi) is 4.60. The fraction of sp³-hybridized carbons (Fsp3) is 0.769. The van der Waals surface area contributed by atoms with Crippen LogP contribution in [0.15, 0.2) is 12.4 Å². The molecule has 0 radical (unpaired) electrons. The zero-order valence-electron chi connectivity index (χ0n) is 11.6. The number of hydrogen-bond acceptors (Lipinski definition) is 4. The number of piperazine rings is 1. The monoisotopic (exact) mass is 252 g/mol. The predicted octanol–water partition coefficient (Wildman–Crippen LogP) is 1.11. The average molecular weight is 252 g/mol. The van der Waals surface area contributed by atoms with E-state index in [1.807, 2.05) is 10.9 Å². The van der Waals surface area contributed by atoms with Gasteiger partial charge in [-0.15, -0.1) is 0 Å². The standard InChI is InChI=1S/C13H24N4O/c1-4-12-7-14-11(2)9-17(12)13-8-15-16(10-13)5-6-18-3/h8,10-12,14H,4-7,9H2,1-3H3. The topological polar surface area (TPSA) is 42.3 Å². The van der Waals surface area contributed by atoms with Crippen molar-refractivity contribution in [2.45, 2.75) is 38.9 Å². The number of hydrogen-bond donors (Lipinski definition) is 1. The Morgan fingerprint density at radius 3 is 3.11 bits per heavy atom. The van der Waals surface area contributed by atoms with Crippen molar-refractivity contribution < 1.29 is 4.74 Å². The second kappa shape index (κ2) is 6.20. The Hall–Kier alpha value is -1.07. The lowest BCUT2D eigenvalue weighted by Crippen LogP contribution is -2.55. The van der Waals surface area contributed by atoms with Gasteiger partial charge in [0.25, 0.3) is 0 Å². The molecule has 0 aromatic carbocycles. The van der Waals surface area contributed by atoms with Gasteiger partial charge >= 0.3 is 0 Å². The highest BCUT2D eigenvalue weighted by Gasteiger charge is 2.25. The number of methoxy groups -OCH3 is 1. The van der Waals surface area contributed by atoms with Crippen LogP contribution < -0.4 is 10.2 Å². The van der Waals surface area contributed by atoms with Crippen LogP contribution in [0.2, 0.25) is 0 Å². The minimum atomic E-state index is 0.537. The first-order chi connectivity index (χ1) is 8.74. The molecule has 1 aliphatic heterocycles. The largest absolute Gasteiger partial charge is 0.383 e. The zero-order valence-corrected chi connectivity index (χ0v) is 11.6. The molecule has 2 atom stereocenters. The normalized spacial score (nSPS) is 24.5. The number of anilines is 1. The molecule has 1 saturated heterocycles. The van der Waals surface area contributed by atoms with Gasteiger partial charge in [0.05, 0.1) is 25.0 Å². The molecule has 2 heterocycles. The van der Waals surface area contributed by atoms with E-state index in [4.69, 9.17) is 4.74 Å². The predicted molar refractivity (Wildman–Crippen MR) is 73.0 cm³/mol. The molecule has 5 nitrogen and oxygen atoms in total. The molecule has 2 unspecified atom stereocenters. The lowest BCUT2D eigenvalue weighted by molar-refractivity contribution is 0.183. The summed E-state index contributed by atoms with van der Waals surface area (Å²) in [5.41, 5.74) is 1.23. The van der Waals surface area contributed by atoms with Gasteiger partial charge in [-0.2, -0.15) is 5.10 Å². The van der Waals surface area contributed by atoms with E-state index >= 15 is 0 Å². The maximum Gasteiger partial charge on any atom is 0.0756 e. The summed E-state index contributed by atoms with van der Waals surface area (Å²) < 4.78 is 7.03. The van der Waals surface area contributed by atoms with Gasteiger partial charge in [-0.25, -0.2) is 0 Å². The summed E-state index contributed by atoms with van der Waals surface area (Å²) in [5, 5.41) is 7.93. The van der Waals surface area contributed by atoms with Gasteiger partial charge in [0.15, 0.2) is 0 Å². The molecule has 5 heteroatoms. The summed E-state index contributed by atoms with van der Waals surface area (Å²) in [6.45, 7) is 8.10. The maximum absolute atomic E-state index is 5.08. The molecule has 0 aliphatic carbocycles. The Balaban J connectivity index is 2.05. The van der Waals surface area contributed by atoms with Crippen molar-refractivity contribution in [3.8, 4) is 0 Å². The van der Waals surface area contributed by atoms with E-state index in [1.54, 1.807) is 7.11 Å². The maximum atomic E-state index is 5.08. The summed E-state index contributed by atoms with van der Waals surface area (Å²) in [6, 6.07) is 1.11. The van der Waals surface area contributed by atoms with Crippen molar-refractivity contribution in [3.05, 3.63) is 12.4 Å². The van der Waals surface area contributed by atoms with Crippen LogP contribution in [0, 0.1) is 0 Å². The van der Waals surface area contributed by atoms with Crippen molar-refractivity contribution in [1.29, 1.82) is 0 Å². The van der Waals surface area contributed by atoms with E-state index in [9.17, 15) is 0 Å². The Morgan fingerprint density at radius 1 is 1.56 bits per heavy atom. The third-order valence-electron chi connectivity index (χ3n) is 3.56. The van der Waals surface area contributed by atoms with Gasteiger partial charge in [0.2, 0.25) is 0 Å². The first-order valence-corrected chi connectivity index (χ1v) is 6.76. The van der Waals surface area contributed by atoms with Crippen LogP contribution in [0.4, 0.5) is 5.69 Å². The molecule has 0 saturated carbocycles. The molecule has 102 valence electrons. The van der Waals surface area contributed by atoms with Gasteiger partial charge in [-0.05, 0) is 13.3 Å². The summed E-state index contributed by atoms with van der Waals surface area (Å²) in [7, 11) is 1.72. The second-order valence-electron chi connectivity index (χ2n) is 4.98. The highest BCUT2D eigenvalue weighted by Crippen LogP contribution is 2.20. The molecule has 0 amide bonds. The quantitative estimate of drug-likeness (QED) is 0.852. The smallest absolute Gasteiger partial charge is 0.0756 e. The second-order valence-corrected chi connectivity index (χ2v) is 4.98. The van der Waals surface area contributed by atoms with Crippen molar-refractivity contribution in [2.24, 2.45) is 0 Å².